The third kappa shape index (κ3) is 5.26. The molecule has 57 heavy (non-hydrogen) atoms. The maximum Gasteiger partial charge on any atom is 0.159 e. The fraction of sp³-hybridized carbons (Fsp3) is 0.0196. The first kappa shape index (κ1) is 32.4. The van der Waals surface area contributed by atoms with Crippen molar-refractivity contribution in [2.24, 2.45) is 9.98 Å². The summed E-state index contributed by atoms with van der Waals surface area (Å²) >= 11 is 3.71. The predicted octanol–water partition coefficient (Wildman–Crippen LogP) is 13.7. The molecule has 0 radical (unpaired) electrons. The summed E-state index contributed by atoms with van der Waals surface area (Å²) in [5.41, 5.74) is 9.24. The Morgan fingerprint density at radius 1 is 0.439 bits per heavy atom. The van der Waals surface area contributed by atoms with E-state index in [0.29, 0.717) is 0 Å². The van der Waals surface area contributed by atoms with Crippen LogP contribution < -0.4 is 5.32 Å². The lowest BCUT2D eigenvalue weighted by molar-refractivity contribution is 0.675. The van der Waals surface area contributed by atoms with Crippen LogP contribution in [-0.2, 0) is 0 Å². The average Bonchev–Trinajstić information content (AvgIpc) is 3.95. The molecule has 4 heterocycles. The first-order valence-electron chi connectivity index (χ1n) is 19.2. The lowest BCUT2D eigenvalue weighted by Crippen LogP contribution is -2.33. The lowest BCUT2D eigenvalue weighted by atomic mass is 9.99. The Labute approximate surface area is 336 Å². The van der Waals surface area contributed by atoms with Crippen molar-refractivity contribution in [2.75, 3.05) is 0 Å². The number of fused-ring (bicyclic) bond motifs is 9. The van der Waals surface area contributed by atoms with Crippen LogP contribution in [0.15, 0.2) is 192 Å². The number of aliphatic imine (C=N–C) groups is 2. The monoisotopic (exact) mass is 764 g/mol. The van der Waals surface area contributed by atoms with Crippen LogP contribution in [0.2, 0.25) is 0 Å². The van der Waals surface area contributed by atoms with E-state index in [1.165, 1.54) is 79.0 Å². The van der Waals surface area contributed by atoms with Gasteiger partial charge in [0.25, 0.3) is 0 Å². The summed E-state index contributed by atoms with van der Waals surface area (Å²) in [6.45, 7) is 0. The van der Waals surface area contributed by atoms with E-state index in [0.717, 1.165) is 28.4 Å². The molecule has 0 saturated heterocycles. The number of thiophene rings is 2. The highest BCUT2D eigenvalue weighted by molar-refractivity contribution is 7.26. The summed E-state index contributed by atoms with van der Waals surface area (Å²) in [6, 6.07) is 65.6. The van der Waals surface area contributed by atoms with Crippen molar-refractivity contribution in [3.63, 3.8) is 0 Å². The van der Waals surface area contributed by atoms with E-state index in [-0.39, 0.29) is 6.17 Å². The average molecular weight is 765 g/mol. The number of nitrogens with zero attached hydrogens (tertiary/aromatic N) is 3. The third-order valence-electron chi connectivity index (χ3n) is 11.3. The summed E-state index contributed by atoms with van der Waals surface area (Å²) in [5.74, 6) is 1.55. The molecule has 11 aromatic rings. The molecule has 4 nitrogen and oxygen atoms in total. The van der Waals surface area contributed by atoms with Gasteiger partial charge in [0.15, 0.2) is 5.84 Å². The summed E-state index contributed by atoms with van der Waals surface area (Å²) in [5, 5.41) is 11.3. The van der Waals surface area contributed by atoms with Gasteiger partial charge in [-0.2, -0.15) is 0 Å². The molecule has 12 rings (SSSR count). The number of nitrogens with one attached hydrogen (secondary N) is 1. The van der Waals surface area contributed by atoms with E-state index < -0.39 is 0 Å². The van der Waals surface area contributed by atoms with Crippen molar-refractivity contribution in [3.8, 4) is 16.8 Å². The SMILES string of the molecule is c1ccc(C2=NC(c3ccc4sc5ccc(-c6ccc7sc8cccc(-n9c%10ccccc%10c%10ccccc%109)c8c7c6)cc5c4c3)NC(c3ccccc3)=N2)cc1. The van der Waals surface area contributed by atoms with Gasteiger partial charge in [-0.1, -0.05) is 121 Å². The van der Waals surface area contributed by atoms with Gasteiger partial charge < -0.3 is 9.88 Å². The number of para-hydroxylation sites is 2. The molecule has 1 unspecified atom stereocenters. The summed E-state index contributed by atoms with van der Waals surface area (Å²) < 4.78 is 7.58. The fourth-order valence-corrected chi connectivity index (χ4v) is 10.8. The Balaban J connectivity index is 0.981. The number of hydrogen-bond acceptors (Lipinski definition) is 5. The van der Waals surface area contributed by atoms with Crippen molar-refractivity contribution in [1.29, 1.82) is 0 Å². The molecule has 1 aliphatic heterocycles. The first-order valence-corrected chi connectivity index (χ1v) is 20.8. The molecular weight excluding hydrogens is 733 g/mol. The van der Waals surface area contributed by atoms with E-state index >= 15 is 0 Å². The second-order valence-electron chi connectivity index (χ2n) is 14.6. The standard InChI is InChI=1S/C51H32N4S2/c1-3-12-31(13-4-1)49-52-50(32-14-5-2-6-15-32)54-51(53-49)35-24-27-45-39(30-35)38-28-33(22-25-44(38)56-45)34-23-26-46-40(29-34)48-43(20-11-21-47(48)57-46)55-41-18-9-7-16-36(41)37-17-8-10-19-42(37)55/h1-30,51H,(H,52,53,54). The molecule has 1 atom stereocenters. The Morgan fingerprint density at radius 3 is 1.74 bits per heavy atom. The van der Waals surface area contributed by atoms with Gasteiger partial charge in [-0.3, -0.25) is 0 Å². The normalized spacial score (nSPS) is 14.5. The van der Waals surface area contributed by atoms with Gasteiger partial charge in [-0.15, -0.1) is 22.7 Å². The highest BCUT2D eigenvalue weighted by Crippen LogP contribution is 2.43. The van der Waals surface area contributed by atoms with E-state index in [9.17, 15) is 0 Å². The molecule has 0 bridgehead atoms. The number of hydrogen-bond donors (Lipinski definition) is 1. The van der Waals surface area contributed by atoms with Gasteiger partial charge in [0.1, 0.15) is 12.0 Å². The van der Waals surface area contributed by atoms with Gasteiger partial charge in [-0.25, -0.2) is 9.98 Å². The number of amidine groups is 2. The summed E-state index contributed by atoms with van der Waals surface area (Å²) in [4.78, 5) is 10.1. The van der Waals surface area contributed by atoms with Crippen LogP contribution in [0.4, 0.5) is 0 Å². The first-order chi connectivity index (χ1) is 28.2. The molecular formula is C51H32N4S2. The lowest BCUT2D eigenvalue weighted by Gasteiger charge is -2.23. The van der Waals surface area contributed by atoms with Gasteiger partial charge in [0, 0.05) is 62.2 Å². The van der Waals surface area contributed by atoms with E-state index in [1.54, 1.807) is 0 Å². The van der Waals surface area contributed by atoms with Crippen molar-refractivity contribution >= 4 is 96.5 Å². The maximum atomic E-state index is 5.16. The topological polar surface area (TPSA) is 41.7 Å². The molecule has 0 saturated carbocycles. The van der Waals surface area contributed by atoms with Crippen molar-refractivity contribution in [2.45, 2.75) is 6.17 Å². The number of benzene rings is 8. The van der Waals surface area contributed by atoms with Crippen molar-refractivity contribution < 1.29 is 0 Å². The molecule has 0 fully saturated rings. The van der Waals surface area contributed by atoms with E-state index in [4.69, 9.17) is 9.98 Å². The molecule has 268 valence electrons. The number of rotatable bonds is 5. The molecule has 8 aromatic carbocycles. The van der Waals surface area contributed by atoms with Crippen LogP contribution in [0.3, 0.4) is 0 Å². The minimum atomic E-state index is -0.284. The van der Waals surface area contributed by atoms with Crippen LogP contribution in [0.5, 0.6) is 0 Å². The van der Waals surface area contributed by atoms with Gasteiger partial charge >= 0.3 is 0 Å². The Morgan fingerprint density at radius 2 is 1.02 bits per heavy atom. The zero-order chi connectivity index (χ0) is 37.5. The quantitative estimate of drug-likeness (QED) is 0.186. The van der Waals surface area contributed by atoms with E-state index in [1.807, 2.05) is 59.1 Å². The Hall–Kier alpha value is -6.86. The Kier molecular flexibility index (Phi) is 7.30. The van der Waals surface area contributed by atoms with Crippen LogP contribution in [-0.4, -0.2) is 16.2 Å². The molecule has 6 heteroatoms. The highest BCUT2D eigenvalue weighted by atomic mass is 32.1. The van der Waals surface area contributed by atoms with Gasteiger partial charge in [-0.05, 0) is 77.4 Å². The fourth-order valence-electron chi connectivity index (χ4n) is 8.58. The highest BCUT2D eigenvalue weighted by Gasteiger charge is 2.22. The molecule has 3 aromatic heterocycles. The molecule has 0 aliphatic carbocycles. The minimum absolute atomic E-state index is 0.284. The van der Waals surface area contributed by atoms with Crippen molar-refractivity contribution in [1.82, 2.24) is 9.88 Å². The molecule has 0 amide bonds. The number of aromatic nitrogens is 1. The maximum absolute atomic E-state index is 5.16. The van der Waals surface area contributed by atoms with Crippen LogP contribution in [0.25, 0.3) is 79.0 Å². The van der Waals surface area contributed by atoms with E-state index in [2.05, 4.69) is 155 Å². The molecule has 1 N–H and O–H groups in total. The zero-order valence-corrected chi connectivity index (χ0v) is 32.2. The smallest absolute Gasteiger partial charge is 0.159 e. The predicted molar refractivity (Wildman–Crippen MR) is 244 cm³/mol. The molecule has 0 spiro atoms. The second kappa shape index (κ2) is 12.8. The van der Waals surface area contributed by atoms with Crippen LogP contribution in [0.1, 0.15) is 22.9 Å². The third-order valence-corrected chi connectivity index (χ3v) is 13.5. The van der Waals surface area contributed by atoms with Crippen LogP contribution >= 0.6 is 22.7 Å². The summed E-state index contributed by atoms with van der Waals surface area (Å²) in [6.07, 6.45) is -0.284. The van der Waals surface area contributed by atoms with Gasteiger partial charge in [0.2, 0.25) is 0 Å². The second-order valence-corrected chi connectivity index (χ2v) is 16.8. The Bertz CT molecular complexity index is 3390. The summed E-state index contributed by atoms with van der Waals surface area (Å²) in [7, 11) is 0. The van der Waals surface area contributed by atoms with Crippen LogP contribution in [0, 0.1) is 0 Å². The molecule has 1 aliphatic rings. The zero-order valence-electron chi connectivity index (χ0n) is 30.6. The minimum Gasteiger partial charge on any atom is -0.344 e. The van der Waals surface area contributed by atoms with Gasteiger partial charge in [0.05, 0.1) is 16.7 Å². The van der Waals surface area contributed by atoms with Crippen molar-refractivity contribution in [3.05, 3.63) is 199 Å². The largest absolute Gasteiger partial charge is 0.344 e.